The predicted octanol–water partition coefficient (Wildman–Crippen LogP) is 6.99. The van der Waals surface area contributed by atoms with E-state index in [-0.39, 0.29) is 0 Å². The van der Waals surface area contributed by atoms with E-state index in [0.29, 0.717) is 13.2 Å². The van der Waals surface area contributed by atoms with Crippen LogP contribution in [0.1, 0.15) is 16.7 Å². The van der Waals surface area contributed by atoms with E-state index in [1.54, 1.807) is 0 Å². The zero-order valence-corrected chi connectivity index (χ0v) is 16.5. The molecule has 0 heterocycles. The molecule has 1 N–H and O–H groups in total. The number of rotatable bonds is 6. The number of hydrogen-bond acceptors (Lipinski definition) is 2. The minimum Gasteiger partial charge on any atom is -0.489 e. The van der Waals surface area contributed by atoms with Crippen molar-refractivity contribution < 1.29 is 4.74 Å². The molecule has 0 aliphatic rings. The van der Waals surface area contributed by atoms with Gasteiger partial charge in [0.05, 0.1) is 0 Å². The highest BCUT2D eigenvalue weighted by Crippen LogP contribution is 2.30. The minimum absolute atomic E-state index is 0.507. The predicted molar refractivity (Wildman–Crippen MR) is 118 cm³/mol. The second-order valence-electron chi connectivity index (χ2n) is 6.90. The first-order valence-electron chi connectivity index (χ1n) is 9.37. The van der Waals surface area contributed by atoms with Crippen LogP contribution in [0.4, 0.5) is 5.69 Å². The van der Waals surface area contributed by atoms with Crippen molar-refractivity contribution in [1.82, 2.24) is 0 Å². The number of anilines is 1. The van der Waals surface area contributed by atoms with Gasteiger partial charge in [0.1, 0.15) is 12.4 Å². The molecule has 0 aliphatic carbocycles. The molecule has 0 fully saturated rings. The van der Waals surface area contributed by atoms with Crippen LogP contribution in [0.25, 0.3) is 10.8 Å². The van der Waals surface area contributed by atoms with Gasteiger partial charge >= 0.3 is 0 Å². The summed E-state index contributed by atoms with van der Waals surface area (Å²) in [5.74, 6) is 0.897. The average Bonchev–Trinajstić information content (AvgIpc) is 2.73. The summed E-state index contributed by atoms with van der Waals surface area (Å²) in [7, 11) is 0. The number of fused-ring (bicyclic) bond motifs is 1. The standard InChI is InChI=1S/C25H22ClNO/c1-18-6-13-22(14-7-18)27-16-24-23-5-3-2-4-20(23)10-15-25(24)28-17-19-8-11-21(26)12-9-19/h2-15,27H,16-17H2,1H3. The van der Waals surface area contributed by atoms with Crippen LogP contribution in [0.2, 0.25) is 5.02 Å². The van der Waals surface area contributed by atoms with E-state index < -0.39 is 0 Å². The van der Waals surface area contributed by atoms with E-state index in [0.717, 1.165) is 27.6 Å². The minimum atomic E-state index is 0.507. The average molecular weight is 388 g/mol. The van der Waals surface area contributed by atoms with Gasteiger partial charge in [-0.15, -0.1) is 0 Å². The Morgan fingerprint density at radius 1 is 0.821 bits per heavy atom. The number of nitrogens with one attached hydrogen (secondary N) is 1. The molecule has 0 bridgehead atoms. The Morgan fingerprint density at radius 2 is 1.57 bits per heavy atom. The highest BCUT2D eigenvalue weighted by Gasteiger charge is 2.09. The van der Waals surface area contributed by atoms with Gasteiger partial charge in [-0.2, -0.15) is 0 Å². The van der Waals surface area contributed by atoms with Crippen molar-refractivity contribution >= 4 is 28.1 Å². The Bertz CT molecular complexity index is 1070. The zero-order valence-electron chi connectivity index (χ0n) is 15.8. The largest absolute Gasteiger partial charge is 0.489 e. The molecule has 4 rings (SSSR count). The summed E-state index contributed by atoms with van der Waals surface area (Å²) < 4.78 is 6.20. The molecule has 0 aliphatic heterocycles. The van der Waals surface area contributed by atoms with Crippen molar-refractivity contribution in [2.45, 2.75) is 20.1 Å². The third kappa shape index (κ3) is 4.29. The first-order chi connectivity index (χ1) is 13.7. The molecule has 0 saturated heterocycles. The lowest BCUT2D eigenvalue weighted by Gasteiger charge is -2.16. The van der Waals surface area contributed by atoms with Crippen molar-refractivity contribution in [3.63, 3.8) is 0 Å². The Hall–Kier alpha value is -2.97. The maximum Gasteiger partial charge on any atom is 0.125 e. The summed E-state index contributed by atoms with van der Waals surface area (Å²) in [4.78, 5) is 0. The highest BCUT2D eigenvalue weighted by molar-refractivity contribution is 6.30. The van der Waals surface area contributed by atoms with Gasteiger partial charge in [0, 0.05) is 22.8 Å². The van der Waals surface area contributed by atoms with E-state index in [1.165, 1.54) is 16.3 Å². The summed E-state index contributed by atoms with van der Waals surface area (Å²) >= 11 is 5.98. The van der Waals surface area contributed by atoms with Crippen LogP contribution < -0.4 is 10.1 Å². The van der Waals surface area contributed by atoms with Crippen molar-refractivity contribution in [2.24, 2.45) is 0 Å². The molecule has 4 aromatic rings. The molecule has 0 aromatic heterocycles. The molecular weight excluding hydrogens is 366 g/mol. The molecular formula is C25H22ClNO. The van der Waals surface area contributed by atoms with Crippen LogP contribution in [0.3, 0.4) is 0 Å². The molecule has 140 valence electrons. The molecule has 0 saturated carbocycles. The molecule has 0 unspecified atom stereocenters. The second kappa shape index (κ2) is 8.37. The number of benzene rings is 4. The molecule has 2 nitrogen and oxygen atoms in total. The fraction of sp³-hybridized carbons (Fsp3) is 0.120. The smallest absolute Gasteiger partial charge is 0.125 e. The van der Waals surface area contributed by atoms with Gasteiger partial charge in [-0.05, 0) is 53.6 Å². The summed E-state index contributed by atoms with van der Waals surface area (Å²) in [5, 5.41) is 6.68. The van der Waals surface area contributed by atoms with E-state index in [9.17, 15) is 0 Å². The normalized spacial score (nSPS) is 10.8. The lowest BCUT2D eigenvalue weighted by Crippen LogP contribution is -2.04. The summed E-state index contributed by atoms with van der Waals surface area (Å²) in [6.45, 7) is 3.30. The van der Waals surface area contributed by atoms with E-state index in [4.69, 9.17) is 16.3 Å². The van der Waals surface area contributed by atoms with Gasteiger partial charge < -0.3 is 10.1 Å². The summed E-state index contributed by atoms with van der Waals surface area (Å²) in [6.07, 6.45) is 0. The molecule has 28 heavy (non-hydrogen) atoms. The molecule has 3 heteroatoms. The maximum atomic E-state index is 6.20. The quantitative estimate of drug-likeness (QED) is 0.384. The first-order valence-corrected chi connectivity index (χ1v) is 9.75. The molecule has 0 atom stereocenters. The third-order valence-electron chi connectivity index (χ3n) is 4.83. The summed E-state index contributed by atoms with van der Waals surface area (Å²) in [6, 6.07) is 28.8. The van der Waals surface area contributed by atoms with Crippen LogP contribution in [0, 0.1) is 6.92 Å². The van der Waals surface area contributed by atoms with Crippen molar-refractivity contribution in [1.29, 1.82) is 0 Å². The van der Waals surface area contributed by atoms with E-state index in [2.05, 4.69) is 72.9 Å². The van der Waals surface area contributed by atoms with Gasteiger partial charge in [0.15, 0.2) is 0 Å². The SMILES string of the molecule is Cc1ccc(NCc2c(OCc3ccc(Cl)cc3)ccc3ccccc23)cc1. The van der Waals surface area contributed by atoms with Gasteiger partial charge in [-0.1, -0.05) is 71.8 Å². The number of aryl methyl sites for hydroxylation is 1. The fourth-order valence-corrected chi connectivity index (χ4v) is 3.36. The fourth-order valence-electron chi connectivity index (χ4n) is 3.24. The first kappa shape index (κ1) is 18.4. The molecule has 0 radical (unpaired) electrons. The van der Waals surface area contributed by atoms with E-state index in [1.807, 2.05) is 24.3 Å². The highest BCUT2D eigenvalue weighted by atomic mass is 35.5. The second-order valence-corrected chi connectivity index (χ2v) is 7.33. The van der Waals surface area contributed by atoms with Crippen molar-refractivity contribution in [3.05, 3.63) is 107 Å². The van der Waals surface area contributed by atoms with Crippen LogP contribution in [0.15, 0.2) is 84.9 Å². The van der Waals surface area contributed by atoms with Gasteiger partial charge in [-0.3, -0.25) is 0 Å². The third-order valence-corrected chi connectivity index (χ3v) is 5.08. The van der Waals surface area contributed by atoms with E-state index >= 15 is 0 Å². The number of ether oxygens (including phenoxy) is 1. The lowest BCUT2D eigenvalue weighted by atomic mass is 10.0. The van der Waals surface area contributed by atoms with Gasteiger partial charge in [-0.25, -0.2) is 0 Å². The van der Waals surface area contributed by atoms with Gasteiger partial charge in [0.25, 0.3) is 0 Å². The molecule has 0 spiro atoms. The van der Waals surface area contributed by atoms with Crippen molar-refractivity contribution in [3.8, 4) is 5.75 Å². The Morgan fingerprint density at radius 3 is 2.36 bits per heavy atom. The molecule has 0 amide bonds. The Kier molecular flexibility index (Phi) is 5.50. The van der Waals surface area contributed by atoms with Crippen molar-refractivity contribution in [2.75, 3.05) is 5.32 Å². The number of hydrogen-bond donors (Lipinski definition) is 1. The van der Waals surface area contributed by atoms with Crippen LogP contribution in [-0.2, 0) is 13.2 Å². The van der Waals surface area contributed by atoms with Crippen LogP contribution >= 0.6 is 11.6 Å². The lowest BCUT2D eigenvalue weighted by molar-refractivity contribution is 0.304. The van der Waals surface area contributed by atoms with Crippen LogP contribution in [-0.4, -0.2) is 0 Å². The van der Waals surface area contributed by atoms with Gasteiger partial charge in [0.2, 0.25) is 0 Å². The molecule has 4 aromatic carbocycles. The Balaban J connectivity index is 1.60. The zero-order chi connectivity index (χ0) is 19.3. The monoisotopic (exact) mass is 387 g/mol. The topological polar surface area (TPSA) is 21.3 Å². The Labute approximate surface area is 170 Å². The summed E-state index contributed by atoms with van der Waals surface area (Å²) in [5.41, 5.74) is 4.60. The number of halogens is 1. The maximum absolute atomic E-state index is 6.20. The van der Waals surface area contributed by atoms with Crippen LogP contribution in [0.5, 0.6) is 5.75 Å².